The monoisotopic (exact) mass is 136 g/mol. The van der Waals surface area contributed by atoms with E-state index in [1.165, 1.54) is 0 Å². The van der Waals surface area contributed by atoms with Crippen molar-refractivity contribution in [3.63, 3.8) is 0 Å². The van der Waals surface area contributed by atoms with Crippen LogP contribution in [0.25, 0.3) is 0 Å². The van der Waals surface area contributed by atoms with E-state index in [-0.39, 0.29) is 8.76 Å². The summed E-state index contributed by atoms with van der Waals surface area (Å²) in [6, 6.07) is 0. The van der Waals surface area contributed by atoms with Gasteiger partial charge in [0.25, 0.3) is 0 Å². The summed E-state index contributed by atoms with van der Waals surface area (Å²) in [5, 5.41) is 2.45. The molecule has 0 heterocycles. The van der Waals surface area contributed by atoms with Crippen molar-refractivity contribution in [2.24, 2.45) is 5.73 Å². The van der Waals surface area contributed by atoms with Crippen LogP contribution in [0.3, 0.4) is 0 Å². The molecular weight excluding hydrogens is 116 g/mol. The Hall–Kier alpha value is -0.570. The number of hydrogen-bond acceptors (Lipinski definition) is 2. The van der Waals surface area contributed by atoms with Gasteiger partial charge in [0.15, 0.2) is 0 Å². The average molecular weight is 136 g/mol. The Bertz CT molecular complexity index is 71.6. The highest BCUT2D eigenvalue weighted by atomic mass is 16.1. The van der Waals surface area contributed by atoms with Crippen molar-refractivity contribution in [1.82, 2.24) is 5.32 Å². The Labute approximate surface area is 59.6 Å². The molecule has 0 aliphatic carbocycles. The molecule has 0 saturated heterocycles. The van der Waals surface area contributed by atoms with Crippen molar-refractivity contribution in [3.8, 4) is 0 Å². The molecule has 0 bridgehead atoms. The van der Waals surface area contributed by atoms with Gasteiger partial charge in [-0.2, -0.15) is 0 Å². The van der Waals surface area contributed by atoms with Gasteiger partial charge in [0, 0.05) is 22.9 Å². The molecular formula is C6H20N2O. The van der Waals surface area contributed by atoms with Gasteiger partial charge in [0.2, 0.25) is 5.91 Å². The van der Waals surface area contributed by atoms with E-state index in [2.05, 4.69) is 5.32 Å². The number of nitrogens with one attached hydrogen (secondary N) is 1. The van der Waals surface area contributed by atoms with E-state index in [0.717, 1.165) is 0 Å². The average Bonchev–Trinajstić information content (AvgIpc) is 1.93. The van der Waals surface area contributed by atoms with Crippen molar-refractivity contribution >= 4 is 5.91 Å². The highest BCUT2D eigenvalue weighted by molar-refractivity contribution is 5.75. The third-order valence-corrected chi connectivity index (χ3v) is 0.650. The van der Waals surface area contributed by atoms with Gasteiger partial charge in [-0.25, -0.2) is 0 Å². The van der Waals surface area contributed by atoms with Crippen molar-refractivity contribution in [3.05, 3.63) is 0 Å². The van der Waals surface area contributed by atoms with Crippen LogP contribution in [0.2, 0.25) is 0 Å². The topological polar surface area (TPSA) is 55.1 Å². The molecule has 0 aromatic heterocycles. The quantitative estimate of drug-likeness (QED) is 0.584. The minimum Gasteiger partial charge on any atom is -0.359 e. The molecule has 60 valence electrons. The van der Waals surface area contributed by atoms with Crippen LogP contribution >= 0.6 is 0 Å². The number of rotatable bonds is 2. The van der Waals surface area contributed by atoms with Crippen LogP contribution in [-0.4, -0.2) is 19.5 Å². The van der Waals surface area contributed by atoms with Crippen LogP contribution in [0.4, 0.5) is 0 Å². The van der Waals surface area contributed by atoms with Gasteiger partial charge in [-0.05, 0) is 0 Å². The molecule has 0 spiro atoms. The van der Waals surface area contributed by atoms with E-state index in [1.807, 2.05) is 13.8 Å². The summed E-state index contributed by atoms with van der Waals surface area (Å²) in [5.74, 6) is 0.00231. The maximum absolute atomic E-state index is 10.2. The standard InChI is InChI=1S/C4H10N2O.C2H6.2H2/c1-6-4(7)2-3-5;1-2;;/h2-3,5H2,1H3,(H,6,7);1-2H3;2*1H. The molecule has 0 atom stereocenters. The Kier molecular flexibility index (Phi) is 13.0. The SMILES string of the molecule is CC.CNC(=O)CCN.[HH].[HH]. The predicted octanol–water partition coefficient (Wildman–Crippen LogP) is 0.599. The summed E-state index contributed by atoms with van der Waals surface area (Å²) in [6.45, 7) is 4.43. The van der Waals surface area contributed by atoms with E-state index in [0.29, 0.717) is 13.0 Å². The fraction of sp³-hybridized carbons (Fsp3) is 0.833. The maximum atomic E-state index is 10.2. The number of hydrogen-bond donors (Lipinski definition) is 2. The number of carbonyl (C=O) groups is 1. The zero-order valence-electron chi connectivity index (χ0n) is 6.40. The highest BCUT2D eigenvalue weighted by Crippen LogP contribution is 1.68. The predicted molar refractivity (Wildman–Crippen MR) is 43.3 cm³/mol. The van der Waals surface area contributed by atoms with Crippen LogP contribution in [0.5, 0.6) is 0 Å². The fourth-order valence-electron chi connectivity index (χ4n) is 0.256. The minimum absolute atomic E-state index is 0. The molecule has 0 fully saturated rings. The lowest BCUT2D eigenvalue weighted by Crippen LogP contribution is -2.20. The lowest BCUT2D eigenvalue weighted by Gasteiger charge is -1.91. The lowest BCUT2D eigenvalue weighted by atomic mass is 10.4. The molecule has 0 aliphatic rings. The summed E-state index contributed by atoms with van der Waals surface area (Å²) in [4.78, 5) is 10.2. The molecule has 0 aromatic rings. The second-order valence-corrected chi connectivity index (χ2v) is 1.21. The summed E-state index contributed by atoms with van der Waals surface area (Å²) in [6.07, 6.45) is 0.427. The Morgan fingerprint density at radius 3 is 2.22 bits per heavy atom. The molecule has 0 aliphatic heterocycles. The van der Waals surface area contributed by atoms with Gasteiger partial charge in [-0.15, -0.1) is 0 Å². The van der Waals surface area contributed by atoms with E-state index < -0.39 is 0 Å². The first-order valence-corrected chi connectivity index (χ1v) is 3.22. The van der Waals surface area contributed by atoms with Gasteiger partial charge in [0.1, 0.15) is 0 Å². The molecule has 0 saturated carbocycles. The number of carbonyl (C=O) groups excluding carboxylic acids is 1. The van der Waals surface area contributed by atoms with Crippen molar-refractivity contribution in [1.29, 1.82) is 0 Å². The van der Waals surface area contributed by atoms with Crippen molar-refractivity contribution in [2.45, 2.75) is 20.3 Å². The molecule has 0 radical (unpaired) electrons. The molecule has 0 aromatic carbocycles. The summed E-state index contributed by atoms with van der Waals surface area (Å²) >= 11 is 0. The van der Waals surface area contributed by atoms with Gasteiger partial charge in [-0.3, -0.25) is 4.79 Å². The van der Waals surface area contributed by atoms with Gasteiger partial charge in [0.05, 0.1) is 0 Å². The zero-order valence-corrected chi connectivity index (χ0v) is 6.40. The first-order chi connectivity index (χ1) is 4.31. The molecule has 1 amide bonds. The van der Waals surface area contributed by atoms with Crippen LogP contribution in [0.15, 0.2) is 0 Å². The molecule has 0 rings (SSSR count). The van der Waals surface area contributed by atoms with Crippen LogP contribution < -0.4 is 11.1 Å². The fourth-order valence-corrected chi connectivity index (χ4v) is 0.256. The normalized spacial score (nSPS) is 7.11. The molecule has 0 unspecified atom stereocenters. The zero-order chi connectivity index (χ0) is 7.70. The molecule has 3 nitrogen and oxygen atoms in total. The largest absolute Gasteiger partial charge is 0.359 e. The lowest BCUT2D eigenvalue weighted by molar-refractivity contribution is -0.120. The first kappa shape index (κ1) is 11.3. The van der Waals surface area contributed by atoms with Crippen LogP contribution in [-0.2, 0) is 4.79 Å². The molecule has 9 heavy (non-hydrogen) atoms. The Morgan fingerprint density at radius 1 is 1.67 bits per heavy atom. The second-order valence-electron chi connectivity index (χ2n) is 1.21. The Morgan fingerprint density at radius 2 is 2.11 bits per heavy atom. The summed E-state index contributed by atoms with van der Waals surface area (Å²) in [7, 11) is 1.60. The second kappa shape index (κ2) is 10.4. The highest BCUT2D eigenvalue weighted by Gasteiger charge is 1.90. The maximum Gasteiger partial charge on any atom is 0.221 e. The smallest absolute Gasteiger partial charge is 0.221 e. The first-order valence-electron chi connectivity index (χ1n) is 3.22. The van der Waals surface area contributed by atoms with E-state index in [4.69, 9.17) is 5.73 Å². The van der Waals surface area contributed by atoms with E-state index >= 15 is 0 Å². The van der Waals surface area contributed by atoms with Crippen LogP contribution in [0.1, 0.15) is 23.1 Å². The minimum atomic E-state index is 0. The summed E-state index contributed by atoms with van der Waals surface area (Å²) in [5.41, 5.74) is 5.04. The number of nitrogens with two attached hydrogens (primary N) is 1. The van der Waals surface area contributed by atoms with Crippen molar-refractivity contribution < 1.29 is 7.65 Å². The third kappa shape index (κ3) is 11.2. The van der Waals surface area contributed by atoms with Gasteiger partial charge >= 0.3 is 0 Å². The molecule has 3 N–H and O–H groups in total. The van der Waals surface area contributed by atoms with Gasteiger partial charge in [-0.1, -0.05) is 13.8 Å². The number of amides is 1. The summed E-state index contributed by atoms with van der Waals surface area (Å²) < 4.78 is 0. The van der Waals surface area contributed by atoms with E-state index in [9.17, 15) is 4.79 Å². The van der Waals surface area contributed by atoms with E-state index in [1.54, 1.807) is 7.05 Å². The van der Waals surface area contributed by atoms with Crippen molar-refractivity contribution in [2.75, 3.05) is 13.6 Å². The van der Waals surface area contributed by atoms with Gasteiger partial charge < -0.3 is 11.1 Å². The Balaban J connectivity index is -0.0000000564. The van der Waals surface area contributed by atoms with Crippen LogP contribution in [0, 0.1) is 0 Å². The third-order valence-electron chi connectivity index (χ3n) is 0.650. The molecule has 3 heteroatoms.